The molecule has 0 bridgehead atoms. The molecule has 0 atom stereocenters. The van der Waals surface area contributed by atoms with E-state index >= 15 is 0 Å². The number of hydrogen-bond acceptors (Lipinski definition) is 3. The third-order valence-electron chi connectivity index (χ3n) is 2.94. The van der Waals surface area contributed by atoms with E-state index in [1.54, 1.807) is 12.1 Å². The van der Waals surface area contributed by atoms with Crippen molar-refractivity contribution in [2.75, 3.05) is 26.0 Å². The van der Waals surface area contributed by atoms with Crippen LogP contribution in [-0.2, 0) is 0 Å². The number of benzene rings is 1. The Kier molecular flexibility index (Phi) is 5.43. The number of hydrogen-bond donors (Lipinski definition) is 1. The lowest BCUT2D eigenvalue weighted by molar-refractivity contribution is 0.0845. The summed E-state index contributed by atoms with van der Waals surface area (Å²) in [7, 11) is 1.97. The molecule has 4 heteroatoms. The molecule has 0 aliphatic heterocycles. The van der Waals surface area contributed by atoms with Crippen LogP contribution in [-0.4, -0.2) is 41.5 Å². The number of nitrogens with zero attached hydrogens (tertiary/aromatic N) is 1. The summed E-state index contributed by atoms with van der Waals surface area (Å²) in [5, 5.41) is 9.22. The van der Waals surface area contributed by atoms with Crippen LogP contribution in [0.5, 0.6) is 0 Å². The second-order valence-electron chi connectivity index (χ2n) is 4.67. The summed E-state index contributed by atoms with van der Waals surface area (Å²) in [6.45, 7) is 4.90. The summed E-state index contributed by atoms with van der Waals surface area (Å²) in [4.78, 5) is 2.77. The Bertz CT molecular complexity index is 357. The van der Waals surface area contributed by atoms with Gasteiger partial charge in [0.05, 0.1) is 6.61 Å². The van der Waals surface area contributed by atoms with Crippen molar-refractivity contribution in [2.24, 2.45) is 0 Å². The van der Waals surface area contributed by atoms with Crippen molar-refractivity contribution in [2.45, 2.75) is 24.3 Å². The minimum atomic E-state index is -0.226. The lowest BCUT2D eigenvalue weighted by atomic mass is 10.1. The average molecular weight is 257 g/mol. The standard InChI is InChI=1S/C13H20FNOS/c1-13(2,10-16)15(3)8-9-17-12-7-5-4-6-11(12)14/h4-7,16H,8-10H2,1-3H3. The minimum Gasteiger partial charge on any atom is -0.394 e. The zero-order chi connectivity index (χ0) is 12.9. The summed E-state index contributed by atoms with van der Waals surface area (Å²) in [5.41, 5.74) is -0.226. The van der Waals surface area contributed by atoms with E-state index in [4.69, 9.17) is 0 Å². The molecular weight excluding hydrogens is 237 g/mol. The summed E-state index contributed by atoms with van der Waals surface area (Å²) in [5.74, 6) is 0.641. The van der Waals surface area contributed by atoms with Gasteiger partial charge in [-0.15, -0.1) is 11.8 Å². The van der Waals surface area contributed by atoms with E-state index in [1.165, 1.54) is 17.8 Å². The van der Waals surface area contributed by atoms with Gasteiger partial charge in [-0.3, -0.25) is 4.90 Å². The summed E-state index contributed by atoms with van der Waals surface area (Å²) in [6.07, 6.45) is 0. The van der Waals surface area contributed by atoms with Gasteiger partial charge < -0.3 is 5.11 Å². The second kappa shape index (κ2) is 6.38. The van der Waals surface area contributed by atoms with Gasteiger partial charge in [0.15, 0.2) is 0 Å². The van der Waals surface area contributed by atoms with E-state index in [-0.39, 0.29) is 18.0 Å². The van der Waals surface area contributed by atoms with Gasteiger partial charge in [-0.2, -0.15) is 0 Å². The molecule has 0 saturated heterocycles. The van der Waals surface area contributed by atoms with Crippen LogP contribution in [0.3, 0.4) is 0 Å². The van der Waals surface area contributed by atoms with E-state index < -0.39 is 0 Å². The first kappa shape index (κ1) is 14.5. The summed E-state index contributed by atoms with van der Waals surface area (Å²) in [6, 6.07) is 6.80. The summed E-state index contributed by atoms with van der Waals surface area (Å²) < 4.78 is 13.3. The Morgan fingerprint density at radius 2 is 2.00 bits per heavy atom. The maximum atomic E-state index is 13.3. The van der Waals surface area contributed by atoms with Gasteiger partial charge in [-0.1, -0.05) is 12.1 Å². The average Bonchev–Trinajstić information content (AvgIpc) is 2.31. The van der Waals surface area contributed by atoms with E-state index in [0.29, 0.717) is 4.90 Å². The molecule has 96 valence electrons. The van der Waals surface area contributed by atoms with Crippen molar-refractivity contribution in [1.82, 2.24) is 4.90 Å². The monoisotopic (exact) mass is 257 g/mol. The highest BCUT2D eigenvalue weighted by atomic mass is 32.2. The Hall–Kier alpha value is -0.580. The predicted molar refractivity (Wildman–Crippen MR) is 70.9 cm³/mol. The fourth-order valence-corrected chi connectivity index (χ4v) is 2.24. The second-order valence-corrected chi connectivity index (χ2v) is 5.81. The van der Waals surface area contributed by atoms with Crippen LogP contribution in [0.25, 0.3) is 0 Å². The smallest absolute Gasteiger partial charge is 0.136 e. The molecule has 0 radical (unpaired) electrons. The number of thioether (sulfide) groups is 1. The van der Waals surface area contributed by atoms with Gasteiger partial charge in [0.1, 0.15) is 5.82 Å². The lowest BCUT2D eigenvalue weighted by Crippen LogP contribution is -2.45. The van der Waals surface area contributed by atoms with Crippen LogP contribution in [0.1, 0.15) is 13.8 Å². The zero-order valence-corrected chi connectivity index (χ0v) is 11.4. The quantitative estimate of drug-likeness (QED) is 0.793. The Morgan fingerprint density at radius 1 is 1.35 bits per heavy atom. The molecule has 0 fully saturated rings. The number of aliphatic hydroxyl groups is 1. The zero-order valence-electron chi connectivity index (χ0n) is 10.6. The molecule has 1 aromatic rings. The highest BCUT2D eigenvalue weighted by Crippen LogP contribution is 2.22. The van der Waals surface area contributed by atoms with Crippen molar-refractivity contribution in [1.29, 1.82) is 0 Å². The lowest BCUT2D eigenvalue weighted by Gasteiger charge is -2.33. The van der Waals surface area contributed by atoms with Gasteiger partial charge in [0, 0.05) is 22.7 Å². The maximum Gasteiger partial charge on any atom is 0.136 e. The number of likely N-dealkylation sites (N-methyl/N-ethyl adjacent to an activating group) is 1. The fraction of sp³-hybridized carbons (Fsp3) is 0.538. The summed E-state index contributed by atoms with van der Waals surface area (Å²) >= 11 is 1.50. The van der Waals surface area contributed by atoms with E-state index in [1.807, 2.05) is 27.0 Å². The van der Waals surface area contributed by atoms with Crippen molar-refractivity contribution >= 4 is 11.8 Å². The molecular formula is C13H20FNOS. The number of aliphatic hydroxyl groups excluding tert-OH is 1. The SMILES string of the molecule is CN(CCSc1ccccc1F)C(C)(C)CO. The first-order valence-corrected chi connectivity index (χ1v) is 6.65. The molecule has 2 nitrogen and oxygen atoms in total. The third-order valence-corrected chi connectivity index (χ3v) is 3.97. The van der Waals surface area contributed by atoms with E-state index in [9.17, 15) is 9.50 Å². The molecule has 0 saturated carbocycles. The molecule has 0 aliphatic carbocycles. The largest absolute Gasteiger partial charge is 0.394 e. The van der Waals surface area contributed by atoms with Crippen LogP contribution < -0.4 is 0 Å². The number of halogens is 1. The molecule has 1 N–H and O–H groups in total. The topological polar surface area (TPSA) is 23.5 Å². The molecule has 0 aromatic heterocycles. The Morgan fingerprint density at radius 3 is 2.59 bits per heavy atom. The van der Waals surface area contributed by atoms with Crippen LogP contribution in [0.2, 0.25) is 0 Å². The molecule has 1 aromatic carbocycles. The van der Waals surface area contributed by atoms with Crippen molar-refractivity contribution in [3.8, 4) is 0 Å². The van der Waals surface area contributed by atoms with Crippen molar-refractivity contribution < 1.29 is 9.50 Å². The van der Waals surface area contributed by atoms with Crippen LogP contribution in [0.4, 0.5) is 4.39 Å². The highest BCUT2D eigenvalue weighted by Gasteiger charge is 2.21. The first-order chi connectivity index (χ1) is 7.97. The molecule has 1 rings (SSSR count). The van der Waals surface area contributed by atoms with Gasteiger partial charge in [0.2, 0.25) is 0 Å². The minimum absolute atomic E-state index is 0.119. The fourth-order valence-electron chi connectivity index (χ4n) is 1.28. The van der Waals surface area contributed by atoms with Gasteiger partial charge in [-0.05, 0) is 33.0 Å². The molecule has 17 heavy (non-hydrogen) atoms. The Balaban J connectivity index is 2.41. The van der Waals surface area contributed by atoms with Crippen LogP contribution >= 0.6 is 11.8 Å². The van der Waals surface area contributed by atoms with Crippen molar-refractivity contribution in [3.05, 3.63) is 30.1 Å². The van der Waals surface area contributed by atoms with Crippen LogP contribution in [0, 0.1) is 5.82 Å². The maximum absolute atomic E-state index is 13.3. The van der Waals surface area contributed by atoms with Crippen molar-refractivity contribution in [3.63, 3.8) is 0 Å². The molecule has 0 spiro atoms. The van der Waals surface area contributed by atoms with E-state index in [2.05, 4.69) is 4.90 Å². The first-order valence-electron chi connectivity index (χ1n) is 5.67. The highest BCUT2D eigenvalue weighted by molar-refractivity contribution is 7.99. The number of rotatable bonds is 6. The molecule has 0 aliphatic rings. The molecule has 0 heterocycles. The van der Waals surface area contributed by atoms with Crippen LogP contribution in [0.15, 0.2) is 29.2 Å². The van der Waals surface area contributed by atoms with Gasteiger partial charge >= 0.3 is 0 Å². The Labute approximate surface area is 107 Å². The molecule has 0 amide bonds. The predicted octanol–water partition coefficient (Wildman–Crippen LogP) is 2.62. The van der Waals surface area contributed by atoms with Gasteiger partial charge in [-0.25, -0.2) is 4.39 Å². The van der Waals surface area contributed by atoms with Gasteiger partial charge in [0.25, 0.3) is 0 Å². The van der Waals surface area contributed by atoms with E-state index in [0.717, 1.165) is 12.3 Å². The third kappa shape index (κ3) is 4.30. The normalized spacial score (nSPS) is 12.1. The molecule has 0 unspecified atom stereocenters.